The predicted molar refractivity (Wildman–Crippen MR) is 73.4 cm³/mol. The molecule has 0 aliphatic heterocycles. The number of aryl methyl sites for hydroxylation is 1. The summed E-state index contributed by atoms with van der Waals surface area (Å²) in [6.07, 6.45) is 2.33. The number of hydrogen-bond donors (Lipinski definition) is 1. The SMILES string of the molecule is CN(CCC(=O)O)C(=O)CCc1ncc(C(C)(C)C)o1. The van der Waals surface area contributed by atoms with Crippen molar-refractivity contribution in [3.05, 3.63) is 17.8 Å². The molecule has 0 bridgehead atoms. The third-order valence-electron chi connectivity index (χ3n) is 2.93. The summed E-state index contributed by atoms with van der Waals surface area (Å²) >= 11 is 0. The first-order valence-electron chi connectivity index (χ1n) is 6.61. The quantitative estimate of drug-likeness (QED) is 0.860. The van der Waals surface area contributed by atoms with Crippen LogP contribution in [0.3, 0.4) is 0 Å². The van der Waals surface area contributed by atoms with E-state index in [-0.39, 0.29) is 30.7 Å². The molecule has 0 fully saturated rings. The topological polar surface area (TPSA) is 83.6 Å². The lowest BCUT2D eigenvalue weighted by molar-refractivity contribution is -0.138. The minimum absolute atomic E-state index is 0.0462. The van der Waals surface area contributed by atoms with Crippen LogP contribution in [0.4, 0.5) is 0 Å². The Bertz CT molecular complexity index is 474. The number of aromatic nitrogens is 1. The van der Waals surface area contributed by atoms with Crippen LogP contribution in [0.25, 0.3) is 0 Å². The summed E-state index contributed by atoms with van der Waals surface area (Å²) in [6, 6.07) is 0. The summed E-state index contributed by atoms with van der Waals surface area (Å²) in [7, 11) is 1.60. The van der Waals surface area contributed by atoms with E-state index in [1.807, 2.05) is 20.8 Å². The van der Waals surface area contributed by atoms with Crippen LogP contribution in [0.2, 0.25) is 0 Å². The molecule has 0 unspecified atom stereocenters. The maximum Gasteiger partial charge on any atom is 0.305 e. The second kappa shape index (κ2) is 6.54. The van der Waals surface area contributed by atoms with Crippen LogP contribution in [0.5, 0.6) is 0 Å². The van der Waals surface area contributed by atoms with E-state index >= 15 is 0 Å². The maximum atomic E-state index is 11.8. The van der Waals surface area contributed by atoms with Gasteiger partial charge in [0.1, 0.15) is 5.76 Å². The number of carbonyl (C=O) groups excluding carboxylic acids is 1. The minimum Gasteiger partial charge on any atom is -0.481 e. The molecule has 0 aromatic carbocycles. The fraction of sp³-hybridized carbons (Fsp3) is 0.643. The zero-order chi connectivity index (χ0) is 15.3. The fourth-order valence-corrected chi connectivity index (χ4v) is 1.57. The van der Waals surface area contributed by atoms with Crippen molar-refractivity contribution < 1.29 is 19.1 Å². The normalized spacial score (nSPS) is 11.4. The van der Waals surface area contributed by atoms with Gasteiger partial charge < -0.3 is 14.4 Å². The molecule has 0 spiro atoms. The lowest BCUT2D eigenvalue weighted by Gasteiger charge is -2.15. The minimum atomic E-state index is -0.910. The first-order valence-corrected chi connectivity index (χ1v) is 6.61. The van der Waals surface area contributed by atoms with Gasteiger partial charge in [0.2, 0.25) is 5.91 Å². The number of carbonyl (C=O) groups is 2. The van der Waals surface area contributed by atoms with E-state index in [1.54, 1.807) is 13.2 Å². The molecule has 1 amide bonds. The van der Waals surface area contributed by atoms with Crippen molar-refractivity contribution in [2.75, 3.05) is 13.6 Å². The van der Waals surface area contributed by atoms with Gasteiger partial charge in [-0.2, -0.15) is 0 Å². The van der Waals surface area contributed by atoms with E-state index in [1.165, 1.54) is 4.90 Å². The smallest absolute Gasteiger partial charge is 0.305 e. The van der Waals surface area contributed by atoms with Crippen LogP contribution >= 0.6 is 0 Å². The van der Waals surface area contributed by atoms with E-state index in [4.69, 9.17) is 9.52 Å². The van der Waals surface area contributed by atoms with E-state index in [0.29, 0.717) is 12.3 Å². The molecule has 0 saturated heterocycles. The van der Waals surface area contributed by atoms with Crippen LogP contribution in [0.15, 0.2) is 10.6 Å². The van der Waals surface area contributed by atoms with Crippen molar-refractivity contribution in [3.8, 4) is 0 Å². The third-order valence-corrected chi connectivity index (χ3v) is 2.93. The van der Waals surface area contributed by atoms with Gasteiger partial charge in [0.25, 0.3) is 0 Å². The van der Waals surface area contributed by atoms with Crippen LogP contribution in [-0.2, 0) is 21.4 Å². The highest BCUT2D eigenvalue weighted by molar-refractivity contribution is 5.76. The molecular formula is C14H22N2O4. The molecule has 20 heavy (non-hydrogen) atoms. The first kappa shape index (κ1) is 16.2. The lowest BCUT2D eigenvalue weighted by Crippen LogP contribution is -2.29. The molecule has 0 atom stereocenters. The van der Waals surface area contributed by atoms with Gasteiger partial charge in [0.15, 0.2) is 5.89 Å². The number of oxazole rings is 1. The summed E-state index contributed by atoms with van der Waals surface area (Å²) in [5.74, 6) is 0.308. The van der Waals surface area contributed by atoms with Crippen LogP contribution in [0.1, 0.15) is 45.3 Å². The Hall–Kier alpha value is -1.85. The molecule has 0 saturated carbocycles. The molecule has 112 valence electrons. The molecule has 6 nitrogen and oxygen atoms in total. The number of carboxylic acids is 1. The molecule has 0 aliphatic rings. The molecule has 0 aliphatic carbocycles. The van der Waals surface area contributed by atoms with Crippen molar-refractivity contribution in [1.29, 1.82) is 0 Å². The van der Waals surface area contributed by atoms with Gasteiger partial charge in [0, 0.05) is 31.8 Å². The molecule has 1 N–H and O–H groups in total. The molecule has 1 aromatic heterocycles. The molecule has 6 heteroatoms. The highest BCUT2D eigenvalue weighted by atomic mass is 16.4. The van der Waals surface area contributed by atoms with Gasteiger partial charge in [-0.3, -0.25) is 9.59 Å². The van der Waals surface area contributed by atoms with Crippen LogP contribution in [0, 0.1) is 0 Å². The average molecular weight is 282 g/mol. The second-order valence-corrected chi connectivity index (χ2v) is 5.83. The van der Waals surface area contributed by atoms with Gasteiger partial charge in [0.05, 0.1) is 12.6 Å². The average Bonchev–Trinajstić information content (AvgIpc) is 2.81. The zero-order valence-electron chi connectivity index (χ0n) is 12.5. The van der Waals surface area contributed by atoms with Gasteiger partial charge in [-0.15, -0.1) is 0 Å². The van der Waals surface area contributed by atoms with Crippen molar-refractivity contribution in [2.24, 2.45) is 0 Å². The van der Waals surface area contributed by atoms with Crippen LogP contribution < -0.4 is 0 Å². The third kappa shape index (κ3) is 5.03. The summed E-state index contributed by atoms with van der Waals surface area (Å²) in [6.45, 7) is 6.30. The Kier molecular flexibility index (Phi) is 5.30. The van der Waals surface area contributed by atoms with Crippen molar-refractivity contribution >= 4 is 11.9 Å². The Morgan fingerprint density at radius 3 is 2.50 bits per heavy atom. The Labute approximate surface area is 118 Å². The Morgan fingerprint density at radius 2 is 2.00 bits per heavy atom. The molecular weight excluding hydrogens is 260 g/mol. The molecule has 1 aromatic rings. The number of rotatable bonds is 6. The van der Waals surface area contributed by atoms with E-state index in [0.717, 1.165) is 5.76 Å². The fourth-order valence-electron chi connectivity index (χ4n) is 1.57. The van der Waals surface area contributed by atoms with Crippen molar-refractivity contribution in [1.82, 2.24) is 9.88 Å². The lowest BCUT2D eigenvalue weighted by atomic mass is 9.94. The zero-order valence-corrected chi connectivity index (χ0v) is 12.5. The highest BCUT2D eigenvalue weighted by Gasteiger charge is 2.19. The summed E-state index contributed by atoms with van der Waals surface area (Å²) in [5, 5.41) is 8.57. The number of aliphatic carboxylic acids is 1. The summed E-state index contributed by atoms with van der Waals surface area (Å²) in [5.41, 5.74) is -0.104. The van der Waals surface area contributed by atoms with E-state index < -0.39 is 5.97 Å². The van der Waals surface area contributed by atoms with E-state index in [9.17, 15) is 9.59 Å². The molecule has 1 rings (SSSR count). The Balaban J connectivity index is 2.45. The number of nitrogens with zero attached hydrogens (tertiary/aromatic N) is 2. The highest BCUT2D eigenvalue weighted by Crippen LogP contribution is 2.23. The number of amides is 1. The number of hydrogen-bond acceptors (Lipinski definition) is 4. The van der Waals surface area contributed by atoms with E-state index in [2.05, 4.69) is 4.98 Å². The van der Waals surface area contributed by atoms with Crippen molar-refractivity contribution in [2.45, 2.75) is 45.4 Å². The van der Waals surface area contributed by atoms with Gasteiger partial charge in [-0.25, -0.2) is 4.98 Å². The monoisotopic (exact) mass is 282 g/mol. The first-order chi connectivity index (χ1) is 9.20. The summed E-state index contributed by atoms with van der Waals surface area (Å²) < 4.78 is 5.60. The number of carboxylic acid groups (broad SMARTS) is 1. The molecule has 1 heterocycles. The standard InChI is InChI=1S/C14H22N2O4/c1-14(2,3)10-9-15-11(20-10)5-6-12(17)16(4)8-7-13(18)19/h9H,5-8H2,1-4H3,(H,18,19). The Morgan fingerprint density at radius 1 is 1.35 bits per heavy atom. The molecule has 0 radical (unpaired) electrons. The summed E-state index contributed by atoms with van der Waals surface area (Å²) in [4.78, 5) is 27.8. The van der Waals surface area contributed by atoms with Gasteiger partial charge in [-0.1, -0.05) is 20.8 Å². The van der Waals surface area contributed by atoms with Gasteiger partial charge in [-0.05, 0) is 0 Å². The largest absolute Gasteiger partial charge is 0.481 e. The van der Waals surface area contributed by atoms with Crippen molar-refractivity contribution in [3.63, 3.8) is 0 Å². The van der Waals surface area contributed by atoms with Crippen LogP contribution in [-0.4, -0.2) is 40.5 Å². The second-order valence-electron chi connectivity index (χ2n) is 5.83. The van der Waals surface area contributed by atoms with Gasteiger partial charge >= 0.3 is 5.97 Å². The predicted octanol–water partition coefficient (Wildman–Crippen LogP) is 1.84. The maximum absolute atomic E-state index is 11.8.